The van der Waals surface area contributed by atoms with Gasteiger partial charge in [-0.2, -0.15) is 4.57 Å². The van der Waals surface area contributed by atoms with Gasteiger partial charge in [-0.1, -0.05) is 40.6 Å². The third-order valence-electron chi connectivity index (χ3n) is 2.68. The summed E-state index contributed by atoms with van der Waals surface area (Å²) in [5.41, 5.74) is 2.24. The maximum absolute atomic E-state index is 9.10. The molecule has 0 aliphatic rings. The first-order chi connectivity index (χ1) is 9.33. The Kier molecular flexibility index (Phi) is 4.23. The molecular weight excluding hydrogens is 242 g/mol. The van der Waals surface area contributed by atoms with Crippen molar-refractivity contribution in [2.45, 2.75) is 6.54 Å². The van der Waals surface area contributed by atoms with Gasteiger partial charge in [-0.05, 0) is 0 Å². The minimum atomic E-state index is 0.455. The molecule has 1 heterocycles. The summed E-state index contributed by atoms with van der Waals surface area (Å²) in [5.74, 6) is 0. The summed E-state index contributed by atoms with van der Waals surface area (Å²) in [6.45, 7) is 0.455. The summed E-state index contributed by atoms with van der Waals surface area (Å²) >= 11 is 0. The van der Waals surface area contributed by atoms with Crippen molar-refractivity contribution in [2.24, 2.45) is 10.3 Å². The van der Waals surface area contributed by atoms with Crippen molar-refractivity contribution in [3.05, 3.63) is 66.0 Å². The van der Waals surface area contributed by atoms with Crippen LogP contribution in [0.1, 0.15) is 11.1 Å². The maximum atomic E-state index is 9.10. The first-order valence-corrected chi connectivity index (χ1v) is 5.76. The van der Waals surface area contributed by atoms with E-state index >= 15 is 0 Å². The molecule has 5 heteroatoms. The lowest BCUT2D eigenvalue weighted by atomic mass is 10.1. The van der Waals surface area contributed by atoms with Crippen LogP contribution < -0.4 is 4.57 Å². The fourth-order valence-electron chi connectivity index (χ4n) is 1.71. The van der Waals surface area contributed by atoms with Gasteiger partial charge in [0, 0.05) is 23.3 Å². The number of oxime groups is 2. The Labute approximate surface area is 110 Å². The zero-order chi connectivity index (χ0) is 13.5. The Morgan fingerprint density at radius 3 is 2.32 bits per heavy atom. The summed E-state index contributed by atoms with van der Waals surface area (Å²) in [7, 11) is 0. The summed E-state index contributed by atoms with van der Waals surface area (Å²) < 4.78 is 1.87. The van der Waals surface area contributed by atoms with E-state index in [2.05, 4.69) is 10.3 Å². The molecule has 2 rings (SSSR count). The molecule has 0 spiro atoms. The van der Waals surface area contributed by atoms with E-state index in [1.807, 2.05) is 47.3 Å². The highest BCUT2D eigenvalue weighted by Gasteiger charge is 2.10. The highest BCUT2D eigenvalue weighted by molar-refractivity contribution is 5.99. The van der Waals surface area contributed by atoms with Gasteiger partial charge in [0.15, 0.2) is 24.7 Å². The second-order valence-corrected chi connectivity index (χ2v) is 3.96. The lowest BCUT2D eigenvalue weighted by Crippen LogP contribution is -2.37. The normalized spacial score (nSPS) is 11.9. The van der Waals surface area contributed by atoms with Crippen LogP contribution in [0.3, 0.4) is 0 Å². The monoisotopic (exact) mass is 256 g/mol. The van der Waals surface area contributed by atoms with Gasteiger partial charge >= 0.3 is 0 Å². The average molecular weight is 256 g/mol. The predicted octanol–water partition coefficient (Wildman–Crippen LogP) is 1.66. The molecule has 0 aliphatic carbocycles. The van der Waals surface area contributed by atoms with E-state index in [1.54, 1.807) is 12.1 Å². The van der Waals surface area contributed by atoms with Gasteiger partial charge in [-0.25, -0.2) is 0 Å². The van der Waals surface area contributed by atoms with Crippen LogP contribution in [-0.2, 0) is 6.54 Å². The highest BCUT2D eigenvalue weighted by atomic mass is 16.4. The molecule has 5 nitrogen and oxygen atoms in total. The van der Waals surface area contributed by atoms with Crippen LogP contribution in [0, 0.1) is 0 Å². The van der Waals surface area contributed by atoms with E-state index in [-0.39, 0.29) is 0 Å². The molecule has 0 saturated carbocycles. The Bertz CT molecular complexity index is 577. The molecule has 2 aromatic rings. The van der Waals surface area contributed by atoms with Crippen LogP contribution in [0.2, 0.25) is 0 Å². The van der Waals surface area contributed by atoms with Crippen molar-refractivity contribution >= 4 is 11.9 Å². The summed E-state index contributed by atoms with van der Waals surface area (Å²) in [5, 5.41) is 23.8. The third kappa shape index (κ3) is 3.38. The van der Waals surface area contributed by atoms with Crippen molar-refractivity contribution in [3.8, 4) is 0 Å². The summed E-state index contributed by atoms with van der Waals surface area (Å²) in [4.78, 5) is 0. The maximum Gasteiger partial charge on any atom is 0.194 e. The van der Waals surface area contributed by atoms with Crippen LogP contribution in [0.25, 0.3) is 0 Å². The predicted molar refractivity (Wildman–Crippen MR) is 70.8 cm³/mol. The van der Waals surface area contributed by atoms with Crippen molar-refractivity contribution in [2.75, 3.05) is 0 Å². The standard InChI is InChI=1S/C14H13N3O2/c18-15-10-12-6-8-17(9-7-12)11-14(16-19)13-4-2-1-3-5-13/h1-10,19H,11H2/p+1/b16-14-. The lowest BCUT2D eigenvalue weighted by molar-refractivity contribution is -0.681. The van der Waals surface area contributed by atoms with Gasteiger partial charge in [0.1, 0.15) is 0 Å². The van der Waals surface area contributed by atoms with Gasteiger partial charge in [0.25, 0.3) is 0 Å². The number of benzene rings is 1. The van der Waals surface area contributed by atoms with Crippen LogP contribution in [0.5, 0.6) is 0 Å². The van der Waals surface area contributed by atoms with Gasteiger partial charge in [-0.15, -0.1) is 0 Å². The van der Waals surface area contributed by atoms with E-state index in [0.29, 0.717) is 12.3 Å². The molecule has 96 valence electrons. The highest BCUT2D eigenvalue weighted by Crippen LogP contribution is 2.01. The summed E-state index contributed by atoms with van der Waals surface area (Å²) in [6, 6.07) is 13.1. The number of pyridine rings is 1. The molecular formula is C14H14N3O2+. The fraction of sp³-hybridized carbons (Fsp3) is 0.0714. The second kappa shape index (κ2) is 6.30. The van der Waals surface area contributed by atoms with Gasteiger partial charge in [-0.3, -0.25) is 0 Å². The zero-order valence-electron chi connectivity index (χ0n) is 10.2. The topological polar surface area (TPSA) is 69.1 Å². The smallest absolute Gasteiger partial charge is 0.194 e. The molecule has 0 fully saturated rings. The average Bonchev–Trinajstić information content (AvgIpc) is 2.48. The van der Waals surface area contributed by atoms with Crippen molar-refractivity contribution in [3.63, 3.8) is 0 Å². The lowest BCUT2D eigenvalue weighted by Gasteiger charge is -2.01. The van der Waals surface area contributed by atoms with E-state index in [4.69, 9.17) is 10.4 Å². The molecule has 0 amide bonds. The summed E-state index contributed by atoms with van der Waals surface area (Å²) in [6.07, 6.45) is 5.00. The van der Waals surface area contributed by atoms with Crippen LogP contribution >= 0.6 is 0 Å². The van der Waals surface area contributed by atoms with Crippen LogP contribution in [0.15, 0.2) is 65.2 Å². The molecule has 0 saturated heterocycles. The van der Waals surface area contributed by atoms with Crippen LogP contribution in [-0.4, -0.2) is 22.3 Å². The molecule has 0 bridgehead atoms. The third-order valence-corrected chi connectivity index (χ3v) is 2.68. The Hall–Kier alpha value is -2.69. The van der Waals surface area contributed by atoms with Gasteiger partial charge < -0.3 is 10.4 Å². The fourth-order valence-corrected chi connectivity index (χ4v) is 1.71. The molecule has 1 aromatic heterocycles. The molecule has 0 unspecified atom stereocenters. The van der Waals surface area contributed by atoms with Gasteiger partial charge in [0.05, 0.1) is 6.21 Å². The molecule has 0 radical (unpaired) electrons. The molecule has 0 atom stereocenters. The van der Waals surface area contributed by atoms with E-state index in [1.165, 1.54) is 6.21 Å². The number of rotatable bonds is 4. The SMILES string of the molecule is O/N=C/c1cc[n+](C/C(=N/O)c2ccccc2)cc1. The van der Waals surface area contributed by atoms with Crippen molar-refractivity contribution < 1.29 is 15.0 Å². The molecule has 0 aliphatic heterocycles. The number of nitrogens with zero attached hydrogens (tertiary/aromatic N) is 3. The Morgan fingerprint density at radius 1 is 1.05 bits per heavy atom. The Morgan fingerprint density at radius 2 is 1.74 bits per heavy atom. The minimum absolute atomic E-state index is 0.455. The first-order valence-electron chi connectivity index (χ1n) is 5.76. The van der Waals surface area contributed by atoms with Gasteiger partial charge in [0.2, 0.25) is 0 Å². The largest absolute Gasteiger partial charge is 0.411 e. The number of hydrogen-bond acceptors (Lipinski definition) is 4. The quantitative estimate of drug-likeness (QED) is 0.378. The van der Waals surface area contributed by atoms with Crippen molar-refractivity contribution in [1.29, 1.82) is 0 Å². The molecule has 19 heavy (non-hydrogen) atoms. The minimum Gasteiger partial charge on any atom is -0.411 e. The van der Waals surface area contributed by atoms with E-state index < -0.39 is 0 Å². The van der Waals surface area contributed by atoms with Crippen molar-refractivity contribution in [1.82, 2.24) is 0 Å². The van der Waals surface area contributed by atoms with Crippen LogP contribution in [0.4, 0.5) is 0 Å². The Balaban J connectivity index is 2.15. The molecule has 1 aromatic carbocycles. The number of hydrogen-bond donors (Lipinski definition) is 2. The molecule has 2 N–H and O–H groups in total. The van der Waals surface area contributed by atoms with E-state index in [0.717, 1.165) is 11.1 Å². The second-order valence-electron chi connectivity index (χ2n) is 3.96. The van der Waals surface area contributed by atoms with E-state index in [9.17, 15) is 0 Å². The first kappa shape index (κ1) is 12.8. The zero-order valence-corrected chi connectivity index (χ0v) is 10.2. The number of aromatic nitrogens is 1.